The van der Waals surface area contributed by atoms with Gasteiger partial charge in [0.1, 0.15) is 0 Å². The fraction of sp³-hybridized carbons (Fsp3) is 0.800. The minimum Gasteiger partial charge on any atom is -0.396 e. The molecule has 19 heavy (non-hydrogen) atoms. The third kappa shape index (κ3) is 4.26. The number of rotatable bonds is 5. The molecule has 108 valence electrons. The van der Waals surface area contributed by atoms with Crippen LogP contribution in [0.25, 0.3) is 0 Å². The molecule has 1 saturated carbocycles. The van der Waals surface area contributed by atoms with Crippen molar-refractivity contribution in [1.29, 1.82) is 0 Å². The number of aromatic nitrogens is 1. The molecule has 2 N–H and O–H groups in total. The van der Waals surface area contributed by atoms with Crippen LogP contribution >= 0.6 is 11.3 Å². The number of aliphatic hydroxyl groups excluding tert-OH is 1. The maximum Gasteiger partial charge on any atom is 0.0954 e. The molecule has 1 aliphatic rings. The van der Waals surface area contributed by atoms with E-state index >= 15 is 0 Å². The molecule has 2 atom stereocenters. The molecule has 0 amide bonds. The van der Waals surface area contributed by atoms with Crippen LogP contribution in [-0.4, -0.2) is 22.7 Å². The summed E-state index contributed by atoms with van der Waals surface area (Å²) >= 11 is 1.75. The molecule has 1 fully saturated rings. The summed E-state index contributed by atoms with van der Waals surface area (Å²) in [5.74, 6) is 0.938. The monoisotopic (exact) mass is 282 g/mol. The van der Waals surface area contributed by atoms with Crippen LogP contribution in [0, 0.1) is 5.92 Å². The Morgan fingerprint density at radius 2 is 2.16 bits per heavy atom. The number of hydrogen-bond donors (Lipinski definition) is 2. The smallest absolute Gasteiger partial charge is 0.0954 e. The Kier molecular flexibility index (Phi) is 5.79. The summed E-state index contributed by atoms with van der Waals surface area (Å²) < 4.78 is 0. The van der Waals surface area contributed by atoms with Gasteiger partial charge in [0.2, 0.25) is 0 Å². The number of nitrogens with zero attached hydrogens (tertiary/aromatic N) is 1. The molecule has 1 aromatic rings. The van der Waals surface area contributed by atoms with Gasteiger partial charge in [-0.15, -0.1) is 11.3 Å². The Morgan fingerprint density at radius 3 is 2.84 bits per heavy atom. The largest absolute Gasteiger partial charge is 0.396 e. The molecule has 3 nitrogen and oxygen atoms in total. The number of aliphatic hydroxyl groups is 1. The van der Waals surface area contributed by atoms with Crippen LogP contribution in [0.15, 0.2) is 5.38 Å². The molecular formula is C15H26N2OS. The first-order valence-electron chi connectivity index (χ1n) is 7.49. The van der Waals surface area contributed by atoms with Crippen molar-refractivity contribution in [3.8, 4) is 0 Å². The summed E-state index contributed by atoms with van der Waals surface area (Å²) in [5.41, 5.74) is 1.15. The van der Waals surface area contributed by atoms with Gasteiger partial charge < -0.3 is 10.4 Å². The zero-order valence-corrected chi connectivity index (χ0v) is 12.9. The zero-order valence-electron chi connectivity index (χ0n) is 12.1. The van der Waals surface area contributed by atoms with E-state index in [1.807, 2.05) is 0 Å². The summed E-state index contributed by atoms with van der Waals surface area (Å²) in [6.07, 6.45) is 6.19. The quantitative estimate of drug-likeness (QED) is 0.815. The van der Waals surface area contributed by atoms with Crippen LogP contribution in [0.1, 0.15) is 62.6 Å². The van der Waals surface area contributed by atoms with E-state index in [0.29, 0.717) is 24.5 Å². The lowest BCUT2D eigenvalue weighted by Gasteiger charge is -2.24. The Balaban J connectivity index is 1.88. The molecule has 2 unspecified atom stereocenters. The highest BCUT2D eigenvalue weighted by molar-refractivity contribution is 7.09. The molecule has 1 aliphatic carbocycles. The fourth-order valence-corrected chi connectivity index (χ4v) is 3.61. The van der Waals surface area contributed by atoms with Gasteiger partial charge in [-0.3, -0.25) is 0 Å². The van der Waals surface area contributed by atoms with Gasteiger partial charge in [-0.1, -0.05) is 33.1 Å². The van der Waals surface area contributed by atoms with Gasteiger partial charge in [0.05, 0.1) is 10.7 Å². The Bertz CT molecular complexity index is 378. The standard InChI is InChI=1S/C15H26N2OS/c1-11(2)15-17-13(10-19-15)8-16-14-7-5-3-4-6-12(14)9-18/h10-12,14,16,18H,3-9H2,1-2H3. The SMILES string of the molecule is CC(C)c1nc(CNC2CCCCCC2CO)cs1. The molecule has 1 heterocycles. The van der Waals surface area contributed by atoms with E-state index in [9.17, 15) is 5.11 Å². The first-order valence-corrected chi connectivity index (χ1v) is 8.37. The molecule has 0 aromatic carbocycles. The Labute approximate surface area is 120 Å². The summed E-state index contributed by atoms with van der Waals surface area (Å²) in [6.45, 7) is 5.52. The Morgan fingerprint density at radius 1 is 1.37 bits per heavy atom. The van der Waals surface area contributed by atoms with E-state index in [-0.39, 0.29) is 0 Å². The van der Waals surface area contributed by atoms with Crippen molar-refractivity contribution in [2.45, 2.75) is 64.5 Å². The average Bonchev–Trinajstić information content (AvgIpc) is 2.76. The predicted molar refractivity (Wildman–Crippen MR) is 80.5 cm³/mol. The average molecular weight is 282 g/mol. The minimum absolute atomic E-state index is 0.311. The van der Waals surface area contributed by atoms with Gasteiger partial charge in [0.25, 0.3) is 0 Å². The molecule has 4 heteroatoms. The van der Waals surface area contributed by atoms with E-state index in [0.717, 1.165) is 18.7 Å². The van der Waals surface area contributed by atoms with Gasteiger partial charge >= 0.3 is 0 Å². The second-order valence-electron chi connectivity index (χ2n) is 5.90. The highest BCUT2D eigenvalue weighted by atomic mass is 32.1. The third-order valence-electron chi connectivity index (χ3n) is 4.00. The molecule has 1 aromatic heterocycles. The lowest BCUT2D eigenvalue weighted by atomic mass is 9.95. The van der Waals surface area contributed by atoms with Crippen LogP contribution in [0.3, 0.4) is 0 Å². The number of thiazole rings is 1. The highest BCUT2D eigenvalue weighted by Gasteiger charge is 2.22. The summed E-state index contributed by atoms with van der Waals surface area (Å²) in [6, 6.07) is 0.455. The van der Waals surface area contributed by atoms with Crippen molar-refractivity contribution in [3.05, 3.63) is 16.1 Å². The van der Waals surface area contributed by atoms with Crippen molar-refractivity contribution >= 4 is 11.3 Å². The van der Waals surface area contributed by atoms with Gasteiger partial charge in [0.15, 0.2) is 0 Å². The molecule has 0 radical (unpaired) electrons. The van der Waals surface area contributed by atoms with E-state index < -0.39 is 0 Å². The summed E-state index contributed by atoms with van der Waals surface area (Å²) in [5, 5.41) is 16.5. The highest BCUT2D eigenvalue weighted by Crippen LogP contribution is 2.24. The molecular weight excluding hydrogens is 256 g/mol. The van der Waals surface area contributed by atoms with E-state index in [2.05, 4.69) is 29.5 Å². The fourth-order valence-electron chi connectivity index (χ4n) is 2.78. The maximum atomic E-state index is 9.51. The predicted octanol–water partition coefficient (Wildman–Crippen LogP) is 3.30. The van der Waals surface area contributed by atoms with Crippen molar-refractivity contribution in [1.82, 2.24) is 10.3 Å². The number of nitrogens with one attached hydrogen (secondary N) is 1. The summed E-state index contributed by atoms with van der Waals surface area (Å²) in [7, 11) is 0. The topological polar surface area (TPSA) is 45.2 Å². The Hall–Kier alpha value is -0.450. The molecule has 0 bridgehead atoms. The summed E-state index contributed by atoms with van der Waals surface area (Å²) in [4.78, 5) is 4.66. The second-order valence-corrected chi connectivity index (χ2v) is 6.79. The van der Waals surface area contributed by atoms with Gasteiger partial charge in [0, 0.05) is 30.5 Å². The normalized spacial score (nSPS) is 24.6. The maximum absolute atomic E-state index is 9.51. The van der Waals surface area contributed by atoms with Crippen LogP contribution < -0.4 is 5.32 Å². The number of hydrogen-bond acceptors (Lipinski definition) is 4. The van der Waals surface area contributed by atoms with Crippen LogP contribution in [0.4, 0.5) is 0 Å². The van der Waals surface area contributed by atoms with Crippen LogP contribution in [0.2, 0.25) is 0 Å². The minimum atomic E-state index is 0.311. The molecule has 0 spiro atoms. The lowest BCUT2D eigenvalue weighted by molar-refractivity contribution is 0.181. The van der Waals surface area contributed by atoms with Gasteiger partial charge in [-0.05, 0) is 18.8 Å². The van der Waals surface area contributed by atoms with Crippen molar-refractivity contribution in [2.24, 2.45) is 5.92 Å². The van der Waals surface area contributed by atoms with E-state index in [1.165, 1.54) is 30.7 Å². The van der Waals surface area contributed by atoms with Gasteiger partial charge in [-0.2, -0.15) is 0 Å². The van der Waals surface area contributed by atoms with Crippen molar-refractivity contribution in [3.63, 3.8) is 0 Å². The van der Waals surface area contributed by atoms with E-state index in [1.54, 1.807) is 11.3 Å². The van der Waals surface area contributed by atoms with Crippen molar-refractivity contribution < 1.29 is 5.11 Å². The van der Waals surface area contributed by atoms with Gasteiger partial charge in [-0.25, -0.2) is 4.98 Å². The lowest BCUT2D eigenvalue weighted by Crippen LogP contribution is -2.37. The van der Waals surface area contributed by atoms with Crippen molar-refractivity contribution in [2.75, 3.05) is 6.61 Å². The zero-order chi connectivity index (χ0) is 13.7. The molecule has 2 rings (SSSR count). The first kappa shape index (κ1) is 14.9. The second kappa shape index (κ2) is 7.36. The molecule has 0 aliphatic heterocycles. The molecule has 0 saturated heterocycles. The third-order valence-corrected chi connectivity index (χ3v) is 5.20. The van der Waals surface area contributed by atoms with Crippen LogP contribution in [0.5, 0.6) is 0 Å². The van der Waals surface area contributed by atoms with Crippen LogP contribution in [-0.2, 0) is 6.54 Å². The van der Waals surface area contributed by atoms with E-state index in [4.69, 9.17) is 0 Å². The first-order chi connectivity index (χ1) is 9.20.